The number of nitrogens with zero attached hydrogens (tertiary/aromatic N) is 3. The van der Waals surface area contributed by atoms with Crippen LogP contribution in [0.15, 0.2) is 4.42 Å². The molecule has 0 aromatic carbocycles. The third kappa shape index (κ3) is 2.87. The van der Waals surface area contributed by atoms with Gasteiger partial charge in [-0.1, -0.05) is 6.92 Å². The molecule has 0 radical (unpaired) electrons. The Morgan fingerprint density at radius 1 is 1.45 bits per heavy atom. The lowest BCUT2D eigenvalue weighted by atomic mass is 9.84. The van der Waals surface area contributed by atoms with Gasteiger partial charge in [0.25, 0.3) is 0 Å². The predicted octanol–water partition coefficient (Wildman–Crippen LogP) is 0.706. The Morgan fingerprint density at radius 3 is 2.55 bits per heavy atom. The first kappa shape index (κ1) is 15.4. The van der Waals surface area contributed by atoms with Gasteiger partial charge in [-0.05, 0) is 13.3 Å². The quantitative estimate of drug-likeness (QED) is 0.769. The van der Waals surface area contributed by atoms with Crippen molar-refractivity contribution in [1.82, 2.24) is 14.5 Å². The summed E-state index contributed by atoms with van der Waals surface area (Å²) in [4.78, 5) is 0. The monoisotopic (exact) mass is 303 g/mol. The summed E-state index contributed by atoms with van der Waals surface area (Å²) in [5.41, 5.74) is -0.386. The molecule has 114 valence electrons. The molecule has 1 aromatic heterocycles. The van der Waals surface area contributed by atoms with Crippen molar-refractivity contribution in [3.05, 3.63) is 11.8 Å². The van der Waals surface area contributed by atoms with Crippen LogP contribution in [0.3, 0.4) is 0 Å². The number of hydrogen-bond acceptors (Lipinski definition) is 6. The smallest absolute Gasteiger partial charge is 0.225 e. The van der Waals surface area contributed by atoms with Crippen LogP contribution in [0.5, 0.6) is 0 Å². The van der Waals surface area contributed by atoms with Crippen molar-refractivity contribution in [3.63, 3.8) is 0 Å². The Bertz CT molecular complexity index is 559. The van der Waals surface area contributed by atoms with Crippen molar-refractivity contribution < 1.29 is 17.6 Å². The second-order valence-corrected chi connectivity index (χ2v) is 7.51. The van der Waals surface area contributed by atoms with Crippen molar-refractivity contribution in [2.75, 3.05) is 26.0 Å². The van der Waals surface area contributed by atoms with Crippen LogP contribution in [0.2, 0.25) is 0 Å². The molecule has 1 saturated heterocycles. The Balaban J connectivity index is 2.01. The van der Waals surface area contributed by atoms with E-state index in [-0.39, 0.29) is 17.3 Å². The molecule has 2 heterocycles. The molecule has 0 spiro atoms. The van der Waals surface area contributed by atoms with Crippen LogP contribution in [0, 0.1) is 6.92 Å². The highest BCUT2D eigenvalue weighted by Gasteiger charge is 2.49. The summed E-state index contributed by atoms with van der Waals surface area (Å²) in [5, 5.41) is 7.78. The van der Waals surface area contributed by atoms with Gasteiger partial charge in [0.05, 0.1) is 17.3 Å². The maximum atomic E-state index is 12.2. The maximum absolute atomic E-state index is 12.2. The molecule has 1 fully saturated rings. The predicted molar refractivity (Wildman–Crippen MR) is 72.8 cm³/mol. The molecule has 7 nitrogen and oxygen atoms in total. The SMILES string of the molecule is CCC(CS(=O)(=O)N1CC(C)(c2nnc(C)o2)C1)OC. The number of methoxy groups -OCH3 is 1. The van der Waals surface area contributed by atoms with Crippen molar-refractivity contribution in [2.24, 2.45) is 0 Å². The minimum Gasteiger partial charge on any atom is -0.425 e. The average Bonchev–Trinajstić information content (AvgIpc) is 2.79. The molecule has 1 aliphatic rings. The van der Waals surface area contributed by atoms with E-state index in [4.69, 9.17) is 9.15 Å². The maximum Gasteiger partial charge on any atom is 0.225 e. The lowest BCUT2D eigenvalue weighted by molar-refractivity contribution is 0.108. The summed E-state index contributed by atoms with van der Waals surface area (Å²) in [6, 6.07) is 0. The van der Waals surface area contributed by atoms with Crippen LogP contribution in [-0.4, -0.2) is 55.0 Å². The fourth-order valence-corrected chi connectivity index (χ4v) is 4.31. The van der Waals surface area contributed by atoms with E-state index in [9.17, 15) is 8.42 Å². The normalized spacial score (nSPS) is 20.6. The second kappa shape index (κ2) is 5.42. The van der Waals surface area contributed by atoms with Crippen LogP contribution >= 0.6 is 0 Å². The molecule has 0 bridgehead atoms. The van der Waals surface area contributed by atoms with Gasteiger partial charge in [-0.25, -0.2) is 8.42 Å². The van der Waals surface area contributed by atoms with Gasteiger partial charge in [0, 0.05) is 27.1 Å². The summed E-state index contributed by atoms with van der Waals surface area (Å²) >= 11 is 0. The van der Waals surface area contributed by atoms with E-state index >= 15 is 0 Å². The molecule has 1 unspecified atom stereocenters. The van der Waals surface area contributed by atoms with E-state index in [1.54, 1.807) is 6.92 Å². The number of rotatable bonds is 6. The lowest BCUT2D eigenvalue weighted by Gasteiger charge is -2.44. The zero-order chi connectivity index (χ0) is 15.0. The van der Waals surface area contributed by atoms with Crippen LogP contribution in [-0.2, 0) is 20.2 Å². The summed E-state index contributed by atoms with van der Waals surface area (Å²) < 4.78 is 36.5. The minimum absolute atomic E-state index is 0.0128. The van der Waals surface area contributed by atoms with Gasteiger partial charge in [-0.15, -0.1) is 10.2 Å². The van der Waals surface area contributed by atoms with Gasteiger partial charge in [-0.3, -0.25) is 0 Å². The molecule has 1 aromatic rings. The third-order valence-corrected chi connectivity index (χ3v) is 5.51. The number of aryl methyl sites for hydroxylation is 1. The third-order valence-electron chi connectivity index (χ3n) is 3.67. The summed E-state index contributed by atoms with van der Waals surface area (Å²) in [7, 11) is -1.77. The standard InChI is InChI=1S/C12H21N3O4S/c1-5-10(18-4)6-20(16,17)15-7-12(3,8-15)11-14-13-9(2)19-11/h10H,5-8H2,1-4H3. The average molecular weight is 303 g/mol. The Morgan fingerprint density at radius 2 is 2.10 bits per heavy atom. The summed E-state index contributed by atoms with van der Waals surface area (Å²) in [5.74, 6) is 1.01. The van der Waals surface area contributed by atoms with E-state index in [2.05, 4.69) is 10.2 Å². The van der Waals surface area contributed by atoms with Crippen LogP contribution in [0.25, 0.3) is 0 Å². The first-order valence-corrected chi connectivity index (χ1v) is 8.23. The Labute approximate surface area is 119 Å². The molecule has 2 rings (SSSR count). The number of sulfonamides is 1. The van der Waals surface area contributed by atoms with Crippen LogP contribution in [0.4, 0.5) is 0 Å². The van der Waals surface area contributed by atoms with Gasteiger partial charge in [0.2, 0.25) is 21.8 Å². The highest BCUT2D eigenvalue weighted by Crippen LogP contribution is 2.35. The highest BCUT2D eigenvalue weighted by molar-refractivity contribution is 7.89. The Kier molecular flexibility index (Phi) is 4.17. The van der Waals surface area contributed by atoms with Gasteiger partial charge < -0.3 is 9.15 Å². The molecule has 0 N–H and O–H groups in total. The Hall–Kier alpha value is -0.990. The minimum atomic E-state index is -3.30. The van der Waals surface area contributed by atoms with Gasteiger partial charge in [0.15, 0.2) is 0 Å². The molecule has 20 heavy (non-hydrogen) atoms. The first-order chi connectivity index (χ1) is 9.30. The number of hydrogen-bond donors (Lipinski definition) is 0. The molecule has 1 atom stereocenters. The zero-order valence-electron chi connectivity index (χ0n) is 12.3. The van der Waals surface area contributed by atoms with Crippen LogP contribution in [0.1, 0.15) is 32.0 Å². The second-order valence-electron chi connectivity index (χ2n) is 5.50. The molecule has 0 amide bonds. The van der Waals surface area contributed by atoms with Gasteiger partial charge >= 0.3 is 0 Å². The van der Waals surface area contributed by atoms with E-state index in [1.165, 1.54) is 11.4 Å². The molecular weight excluding hydrogens is 282 g/mol. The van der Waals surface area contributed by atoms with E-state index in [0.717, 1.165) is 0 Å². The topological polar surface area (TPSA) is 85.5 Å². The van der Waals surface area contributed by atoms with Crippen molar-refractivity contribution in [3.8, 4) is 0 Å². The van der Waals surface area contributed by atoms with E-state index in [0.29, 0.717) is 31.3 Å². The molecular formula is C12H21N3O4S. The van der Waals surface area contributed by atoms with Crippen molar-refractivity contribution in [2.45, 2.75) is 38.7 Å². The van der Waals surface area contributed by atoms with Crippen molar-refractivity contribution >= 4 is 10.0 Å². The van der Waals surface area contributed by atoms with Gasteiger partial charge in [0.1, 0.15) is 0 Å². The van der Waals surface area contributed by atoms with E-state index in [1.807, 2.05) is 13.8 Å². The van der Waals surface area contributed by atoms with Crippen molar-refractivity contribution in [1.29, 1.82) is 0 Å². The first-order valence-electron chi connectivity index (χ1n) is 6.62. The van der Waals surface area contributed by atoms with Gasteiger partial charge in [-0.2, -0.15) is 4.31 Å². The number of aromatic nitrogens is 2. The summed E-state index contributed by atoms with van der Waals surface area (Å²) in [6.45, 7) is 6.30. The molecule has 1 aliphatic heterocycles. The molecule has 8 heteroatoms. The fourth-order valence-electron chi connectivity index (χ4n) is 2.30. The van der Waals surface area contributed by atoms with E-state index < -0.39 is 10.0 Å². The zero-order valence-corrected chi connectivity index (χ0v) is 13.1. The number of ether oxygens (including phenoxy) is 1. The highest BCUT2D eigenvalue weighted by atomic mass is 32.2. The largest absolute Gasteiger partial charge is 0.425 e. The lowest BCUT2D eigenvalue weighted by Crippen LogP contribution is -2.60. The molecule has 0 saturated carbocycles. The summed E-state index contributed by atoms with van der Waals surface area (Å²) in [6.07, 6.45) is 0.404. The van der Waals surface area contributed by atoms with Crippen LogP contribution < -0.4 is 0 Å². The fraction of sp³-hybridized carbons (Fsp3) is 0.833. The molecule has 0 aliphatic carbocycles.